The Morgan fingerprint density at radius 3 is 2.71 bits per heavy atom. The molecular formula is C10H12ClN3. The number of hydrogen-bond acceptors (Lipinski definition) is 2. The van der Waals surface area contributed by atoms with Crippen molar-refractivity contribution in [3.63, 3.8) is 0 Å². The van der Waals surface area contributed by atoms with E-state index < -0.39 is 0 Å². The fourth-order valence-electron chi connectivity index (χ4n) is 1.65. The van der Waals surface area contributed by atoms with Crippen molar-refractivity contribution in [1.82, 2.24) is 14.5 Å². The van der Waals surface area contributed by atoms with Gasteiger partial charge in [0, 0.05) is 19.2 Å². The standard InChI is InChI=1S/C10H12ClN3/c1-6(2)10-13-7-4-5-12-9(11)8(7)14(10)3/h4-6H,1-3H3. The van der Waals surface area contributed by atoms with Gasteiger partial charge in [-0.1, -0.05) is 25.4 Å². The highest BCUT2D eigenvalue weighted by atomic mass is 35.5. The summed E-state index contributed by atoms with van der Waals surface area (Å²) in [5.41, 5.74) is 1.83. The van der Waals surface area contributed by atoms with E-state index in [0.717, 1.165) is 16.9 Å². The van der Waals surface area contributed by atoms with Crippen LogP contribution >= 0.6 is 11.6 Å². The van der Waals surface area contributed by atoms with Crippen molar-refractivity contribution in [3.05, 3.63) is 23.2 Å². The molecule has 4 heteroatoms. The quantitative estimate of drug-likeness (QED) is 0.677. The predicted molar refractivity (Wildman–Crippen MR) is 57.6 cm³/mol. The zero-order chi connectivity index (χ0) is 10.3. The Balaban J connectivity index is 2.81. The molecule has 0 spiro atoms. The van der Waals surface area contributed by atoms with Crippen molar-refractivity contribution in [3.8, 4) is 0 Å². The van der Waals surface area contributed by atoms with Gasteiger partial charge in [0.1, 0.15) is 11.3 Å². The lowest BCUT2D eigenvalue weighted by atomic mass is 10.2. The molecule has 2 heterocycles. The largest absolute Gasteiger partial charge is 0.328 e. The molecule has 14 heavy (non-hydrogen) atoms. The molecule has 3 nitrogen and oxygen atoms in total. The smallest absolute Gasteiger partial charge is 0.154 e. The molecule has 0 unspecified atom stereocenters. The summed E-state index contributed by atoms with van der Waals surface area (Å²) in [6.45, 7) is 4.23. The van der Waals surface area contributed by atoms with Gasteiger partial charge in [-0.2, -0.15) is 0 Å². The highest BCUT2D eigenvalue weighted by molar-refractivity contribution is 6.33. The van der Waals surface area contributed by atoms with Gasteiger partial charge < -0.3 is 4.57 Å². The first kappa shape index (κ1) is 9.46. The van der Waals surface area contributed by atoms with Gasteiger partial charge in [-0.25, -0.2) is 9.97 Å². The average Bonchev–Trinajstić information content (AvgIpc) is 2.45. The number of pyridine rings is 1. The number of imidazole rings is 1. The lowest BCUT2D eigenvalue weighted by molar-refractivity contribution is 0.722. The maximum absolute atomic E-state index is 6.01. The molecule has 0 aliphatic rings. The normalized spacial score (nSPS) is 11.5. The molecule has 2 aromatic heterocycles. The molecule has 0 aromatic carbocycles. The molecule has 0 aliphatic heterocycles. The van der Waals surface area contributed by atoms with E-state index in [1.54, 1.807) is 6.20 Å². The third kappa shape index (κ3) is 1.28. The van der Waals surface area contributed by atoms with Gasteiger partial charge in [-0.15, -0.1) is 0 Å². The zero-order valence-corrected chi connectivity index (χ0v) is 9.21. The van der Waals surface area contributed by atoms with Crippen LogP contribution in [0.15, 0.2) is 12.3 Å². The summed E-state index contributed by atoms with van der Waals surface area (Å²) in [5, 5.41) is 0.518. The van der Waals surface area contributed by atoms with Crippen molar-refractivity contribution in [1.29, 1.82) is 0 Å². The fraction of sp³-hybridized carbons (Fsp3) is 0.400. The molecule has 0 saturated heterocycles. The molecule has 0 aliphatic carbocycles. The molecule has 2 aromatic rings. The Kier molecular flexibility index (Phi) is 2.19. The van der Waals surface area contributed by atoms with E-state index in [1.807, 2.05) is 17.7 Å². The first-order valence-electron chi connectivity index (χ1n) is 4.58. The molecule has 0 atom stereocenters. The topological polar surface area (TPSA) is 30.7 Å². The van der Waals surface area contributed by atoms with Gasteiger partial charge in [-0.05, 0) is 6.07 Å². The molecule has 0 amide bonds. The van der Waals surface area contributed by atoms with Crippen LogP contribution in [0, 0.1) is 0 Å². The number of nitrogens with zero attached hydrogens (tertiary/aromatic N) is 3. The minimum atomic E-state index is 0.392. The molecule has 74 valence electrons. The van der Waals surface area contributed by atoms with Crippen molar-refractivity contribution < 1.29 is 0 Å². The molecular weight excluding hydrogens is 198 g/mol. The highest BCUT2D eigenvalue weighted by Gasteiger charge is 2.13. The van der Waals surface area contributed by atoms with E-state index in [9.17, 15) is 0 Å². The molecule has 0 bridgehead atoms. The van der Waals surface area contributed by atoms with Gasteiger partial charge in [0.15, 0.2) is 5.15 Å². The minimum Gasteiger partial charge on any atom is -0.328 e. The Morgan fingerprint density at radius 1 is 1.43 bits per heavy atom. The first-order valence-corrected chi connectivity index (χ1v) is 4.96. The van der Waals surface area contributed by atoms with E-state index in [-0.39, 0.29) is 0 Å². The van der Waals surface area contributed by atoms with Crippen LogP contribution in [-0.4, -0.2) is 14.5 Å². The number of aromatic nitrogens is 3. The summed E-state index contributed by atoms with van der Waals surface area (Å²) >= 11 is 6.01. The van der Waals surface area contributed by atoms with Crippen LogP contribution in [-0.2, 0) is 7.05 Å². The van der Waals surface area contributed by atoms with Gasteiger partial charge in [0.2, 0.25) is 0 Å². The van der Waals surface area contributed by atoms with Crippen LogP contribution < -0.4 is 0 Å². The summed E-state index contributed by atoms with van der Waals surface area (Å²) in [5.74, 6) is 1.43. The number of rotatable bonds is 1. The third-order valence-corrected chi connectivity index (χ3v) is 2.57. The Hall–Kier alpha value is -1.09. The average molecular weight is 210 g/mol. The van der Waals surface area contributed by atoms with Crippen LogP contribution in [0.25, 0.3) is 11.0 Å². The van der Waals surface area contributed by atoms with E-state index in [2.05, 4.69) is 23.8 Å². The summed E-state index contributed by atoms with van der Waals surface area (Å²) in [6, 6.07) is 1.88. The van der Waals surface area contributed by atoms with Crippen LogP contribution in [0.4, 0.5) is 0 Å². The monoisotopic (exact) mass is 209 g/mol. The number of hydrogen-bond donors (Lipinski definition) is 0. The SMILES string of the molecule is CC(C)c1nc2ccnc(Cl)c2n1C. The van der Waals surface area contributed by atoms with Gasteiger partial charge in [-0.3, -0.25) is 0 Å². The number of aryl methyl sites for hydroxylation is 1. The Labute approximate surface area is 87.7 Å². The number of fused-ring (bicyclic) bond motifs is 1. The molecule has 0 saturated carbocycles. The van der Waals surface area contributed by atoms with Crippen molar-refractivity contribution in [2.24, 2.45) is 7.05 Å². The van der Waals surface area contributed by atoms with Gasteiger partial charge >= 0.3 is 0 Å². The zero-order valence-electron chi connectivity index (χ0n) is 8.45. The van der Waals surface area contributed by atoms with Crippen LogP contribution in [0.3, 0.4) is 0 Å². The van der Waals surface area contributed by atoms with E-state index >= 15 is 0 Å². The molecule has 2 rings (SSSR count). The summed E-state index contributed by atoms with van der Waals surface area (Å²) in [6.07, 6.45) is 1.68. The maximum Gasteiger partial charge on any atom is 0.154 e. The lowest BCUT2D eigenvalue weighted by Crippen LogP contribution is -1.99. The van der Waals surface area contributed by atoms with Crippen LogP contribution in [0.5, 0.6) is 0 Å². The summed E-state index contributed by atoms with van der Waals surface area (Å²) in [4.78, 5) is 8.56. The van der Waals surface area contributed by atoms with Gasteiger partial charge in [0.25, 0.3) is 0 Å². The summed E-state index contributed by atoms with van der Waals surface area (Å²) < 4.78 is 2.01. The van der Waals surface area contributed by atoms with E-state index in [1.165, 1.54) is 0 Å². The fourth-order valence-corrected chi connectivity index (χ4v) is 1.93. The highest BCUT2D eigenvalue weighted by Crippen LogP contribution is 2.24. The molecule has 0 N–H and O–H groups in total. The second-order valence-electron chi connectivity index (χ2n) is 3.65. The minimum absolute atomic E-state index is 0.392. The molecule has 0 radical (unpaired) electrons. The first-order chi connectivity index (χ1) is 6.61. The van der Waals surface area contributed by atoms with E-state index in [0.29, 0.717) is 11.1 Å². The Bertz CT molecular complexity index is 473. The maximum atomic E-state index is 6.01. The van der Waals surface area contributed by atoms with Crippen molar-refractivity contribution in [2.45, 2.75) is 19.8 Å². The predicted octanol–water partition coefficient (Wildman–Crippen LogP) is 2.75. The molecule has 0 fully saturated rings. The second-order valence-corrected chi connectivity index (χ2v) is 4.01. The Morgan fingerprint density at radius 2 is 2.14 bits per heavy atom. The van der Waals surface area contributed by atoms with Gasteiger partial charge in [0.05, 0.1) is 5.52 Å². The van der Waals surface area contributed by atoms with Crippen LogP contribution in [0.1, 0.15) is 25.6 Å². The third-order valence-electron chi connectivity index (χ3n) is 2.29. The summed E-state index contributed by atoms with van der Waals surface area (Å²) in [7, 11) is 1.97. The van der Waals surface area contributed by atoms with Crippen molar-refractivity contribution in [2.75, 3.05) is 0 Å². The van der Waals surface area contributed by atoms with E-state index in [4.69, 9.17) is 11.6 Å². The van der Waals surface area contributed by atoms with Crippen molar-refractivity contribution >= 4 is 22.6 Å². The number of halogens is 1. The second kappa shape index (κ2) is 3.24. The van der Waals surface area contributed by atoms with Crippen LogP contribution in [0.2, 0.25) is 5.15 Å². The lowest BCUT2D eigenvalue weighted by Gasteiger charge is -2.04.